The minimum absolute atomic E-state index is 0. The largest absolute Gasteiger partial charge is 0.490 e. The lowest BCUT2D eigenvalue weighted by atomic mass is 9.84. The molecule has 3 N–H and O–H groups in total. The number of Topliss-reactive ketones (excluding diaryl/α,β-unsaturated/α-hetero) is 1. The molecular formula is C32H42BrN3O7. The number of nitrogens with one attached hydrogen (secondary N) is 1. The minimum atomic E-state index is -0.864. The lowest BCUT2D eigenvalue weighted by Crippen LogP contribution is -2.30. The highest BCUT2D eigenvalue weighted by atomic mass is 79.9. The van der Waals surface area contributed by atoms with Crippen molar-refractivity contribution in [2.45, 2.75) is 90.0 Å². The number of carbonyl (C=O) groups is 3. The van der Waals surface area contributed by atoms with Crippen LogP contribution in [0.5, 0.6) is 11.5 Å². The molecule has 2 aromatic rings. The van der Waals surface area contributed by atoms with Gasteiger partial charge < -0.3 is 24.6 Å². The number of ether oxygens (including phenoxy) is 2. The SMILES string of the molecule is Br.CC(C)(C)c1cc(C(=O)CN2Cc3ccc(C4CC4)nc3C2=N)cc(OCCCCC(=O)O)c1OCCCCC(=O)O. The zero-order chi connectivity index (χ0) is 30.4. The molecule has 1 aliphatic heterocycles. The Morgan fingerprint density at radius 3 is 2.19 bits per heavy atom. The topological polar surface area (TPSA) is 150 Å². The Morgan fingerprint density at radius 2 is 1.60 bits per heavy atom. The molecule has 0 unspecified atom stereocenters. The molecule has 11 heteroatoms. The second kappa shape index (κ2) is 14.8. The summed E-state index contributed by atoms with van der Waals surface area (Å²) in [7, 11) is 0. The number of carboxylic acid groups (broad SMARTS) is 2. The van der Waals surface area contributed by atoms with Gasteiger partial charge in [0.05, 0.1) is 19.8 Å². The van der Waals surface area contributed by atoms with E-state index in [0.717, 1.165) is 29.7 Å². The molecule has 0 radical (unpaired) electrons. The second-order valence-electron chi connectivity index (χ2n) is 12.1. The molecule has 1 saturated carbocycles. The molecule has 0 bridgehead atoms. The summed E-state index contributed by atoms with van der Waals surface area (Å²) in [5.41, 5.74) is 3.43. The maximum Gasteiger partial charge on any atom is 0.303 e. The van der Waals surface area contributed by atoms with E-state index in [9.17, 15) is 14.4 Å². The monoisotopic (exact) mass is 659 g/mol. The number of hydrogen-bond acceptors (Lipinski definition) is 7. The molecule has 1 fully saturated rings. The van der Waals surface area contributed by atoms with E-state index in [1.807, 2.05) is 39.0 Å². The van der Waals surface area contributed by atoms with Crippen molar-refractivity contribution in [2.24, 2.45) is 0 Å². The number of carboxylic acids is 2. The summed E-state index contributed by atoms with van der Waals surface area (Å²) in [5.74, 6) is -0.239. The molecule has 2 aliphatic rings. The van der Waals surface area contributed by atoms with Gasteiger partial charge in [-0.1, -0.05) is 26.8 Å². The number of amidine groups is 1. The number of nitrogens with zero attached hydrogens (tertiary/aromatic N) is 2. The first-order valence-electron chi connectivity index (χ1n) is 14.7. The Bertz CT molecular complexity index is 1350. The number of aliphatic carboxylic acids is 2. The van der Waals surface area contributed by atoms with Crippen molar-refractivity contribution < 1.29 is 34.1 Å². The average molecular weight is 661 g/mol. The van der Waals surface area contributed by atoms with Gasteiger partial charge in [-0.05, 0) is 62.1 Å². The Morgan fingerprint density at radius 1 is 0.977 bits per heavy atom. The fraction of sp³-hybridized carbons (Fsp3) is 0.531. The second-order valence-corrected chi connectivity index (χ2v) is 12.1. The first kappa shape index (κ1) is 34.0. The third kappa shape index (κ3) is 9.26. The molecule has 4 rings (SSSR count). The van der Waals surface area contributed by atoms with Gasteiger partial charge in [0, 0.05) is 47.7 Å². The highest BCUT2D eigenvalue weighted by Crippen LogP contribution is 2.41. The molecule has 0 atom stereocenters. The van der Waals surface area contributed by atoms with Crippen molar-refractivity contribution in [2.75, 3.05) is 19.8 Å². The zero-order valence-electron chi connectivity index (χ0n) is 25.1. The third-order valence-corrected chi connectivity index (χ3v) is 7.49. The van der Waals surface area contributed by atoms with Crippen LogP contribution in [0.1, 0.15) is 111 Å². The standard InChI is InChI=1S/C32H41N3O7.BrH/c1-32(2,3)23-16-22(25(36)19-35-18-21-12-13-24(20-10-11-20)34-29(21)31(35)33)17-26(41-14-6-4-8-27(37)38)30(23)42-15-7-5-9-28(39)40;/h12-13,16-17,20,33H,4-11,14-15,18-19H2,1-3H3,(H,37,38)(H,39,40);1H. The predicted molar refractivity (Wildman–Crippen MR) is 167 cm³/mol. The smallest absolute Gasteiger partial charge is 0.303 e. The summed E-state index contributed by atoms with van der Waals surface area (Å²) >= 11 is 0. The molecule has 2 heterocycles. The van der Waals surface area contributed by atoms with E-state index < -0.39 is 17.4 Å². The number of unbranched alkanes of at least 4 members (excludes halogenated alkanes) is 2. The van der Waals surface area contributed by atoms with Gasteiger partial charge in [0.1, 0.15) is 11.5 Å². The predicted octanol–water partition coefficient (Wildman–Crippen LogP) is 6.13. The van der Waals surface area contributed by atoms with E-state index >= 15 is 0 Å². The summed E-state index contributed by atoms with van der Waals surface area (Å²) in [5, 5.41) is 26.6. The van der Waals surface area contributed by atoms with Crippen LogP contribution >= 0.6 is 17.0 Å². The fourth-order valence-electron chi connectivity index (χ4n) is 4.97. The van der Waals surface area contributed by atoms with Gasteiger partial charge in [0.2, 0.25) is 0 Å². The number of ketones is 1. The molecular weight excluding hydrogens is 618 g/mol. The van der Waals surface area contributed by atoms with E-state index in [1.54, 1.807) is 11.0 Å². The van der Waals surface area contributed by atoms with Crippen LogP contribution in [-0.4, -0.2) is 63.4 Å². The Labute approximate surface area is 263 Å². The average Bonchev–Trinajstić information content (AvgIpc) is 3.72. The number of fused-ring (bicyclic) bond motifs is 1. The Kier molecular flexibility index (Phi) is 11.7. The van der Waals surface area contributed by atoms with Crippen molar-refractivity contribution >= 4 is 40.5 Å². The van der Waals surface area contributed by atoms with Gasteiger partial charge in [0.25, 0.3) is 0 Å². The maximum atomic E-state index is 13.7. The number of halogens is 1. The van der Waals surface area contributed by atoms with E-state index in [2.05, 4.69) is 0 Å². The number of pyridine rings is 1. The van der Waals surface area contributed by atoms with Crippen molar-refractivity contribution in [1.82, 2.24) is 9.88 Å². The van der Waals surface area contributed by atoms with Crippen LogP contribution < -0.4 is 9.47 Å². The summed E-state index contributed by atoms with van der Waals surface area (Å²) in [6.45, 7) is 7.06. The minimum Gasteiger partial charge on any atom is -0.490 e. The molecule has 10 nitrogen and oxygen atoms in total. The number of aromatic nitrogens is 1. The summed E-state index contributed by atoms with van der Waals surface area (Å²) in [6.07, 6.45) is 4.36. The molecule has 0 saturated heterocycles. The van der Waals surface area contributed by atoms with Crippen LogP contribution in [0.25, 0.3) is 0 Å². The molecule has 234 valence electrons. The van der Waals surface area contributed by atoms with Crippen molar-refractivity contribution in [3.63, 3.8) is 0 Å². The number of rotatable bonds is 16. The summed E-state index contributed by atoms with van der Waals surface area (Å²) < 4.78 is 12.3. The maximum absolute atomic E-state index is 13.7. The quantitative estimate of drug-likeness (QED) is 0.143. The van der Waals surface area contributed by atoms with Crippen LogP contribution in [-0.2, 0) is 21.5 Å². The Balaban J connectivity index is 0.00000506. The van der Waals surface area contributed by atoms with Crippen LogP contribution in [0, 0.1) is 5.41 Å². The first-order chi connectivity index (χ1) is 19.9. The molecule has 1 aromatic heterocycles. The van der Waals surface area contributed by atoms with Crippen LogP contribution in [0.3, 0.4) is 0 Å². The van der Waals surface area contributed by atoms with Crippen molar-refractivity contribution in [3.8, 4) is 11.5 Å². The number of carbonyl (C=O) groups excluding carboxylic acids is 1. The number of benzene rings is 1. The third-order valence-electron chi connectivity index (χ3n) is 7.49. The van der Waals surface area contributed by atoms with Crippen molar-refractivity contribution in [3.05, 3.63) is 52.3 Å². The van der Waals surface area contributed by atoms with E-state index in [1.165, 1.54) is 0 Å². The molecule has 43 heavy (non-hydrogen) atoms. The van der Waals surface area contributed by atoms with E-state index in [-0.39, 0.29) is 61.2 Å². The van der Waals surface area contributed by atoms with Gasteiger partial charge >= 0.3 is 11.9 Å². The summed E-state index contributed by atoms with van der Waals surface area (Å²) in [6, 6.07) is 7.54. The normalized spacial score (nSPS) is 14.2. The van der Waals surface area contributed by atoms with Gasteiger partial charge in [0.15, 0.2) is 17.3 Å². The number of hydrogen-bond donors (Lipinski definition) is 3. The molecule has 1 aliphatic carbocycles. The first-order valence-corrected chi connectivity index (χ1v) is 14.7. The van der Waals surface area contributed by atoms with Gasteiger partial charge in [-0.15, -0.1) is 17.0 Å². The summed E-state index contributed by atoms with van der Waals surface area (Å²) in [4.78, 5) is 41.9. The van der Waals surface area contributed by atoms with E-state index in [4.69, 9.17) is 30.1 Å². The zero-order valence-corrected chi connectivity index (χ0v) is 26.8. The lowest BCUT2D eigenvalue weighted by Gasteiger charge is -2.26. The molecule has 0 spiro atoms. The highest BCUT2D eigenvalue weighted by Gasteiger charge is 2.32. The van der Waals surface area contributed by atoms with E-state index in [0.29, 0.717) is 60.9 Å². The highest BCUT2D eigenvalue weighted by molar-refractivity contribution is 8.93. The van der Waals surface area contributed by atoms with Crippen LogP contribution in [0.15, 0.2) is 24.3 Å². The van der Waals surface area contributed by atoms with Crippen molar-refractivity contribution in [1.29, 1.82) is 5.41 Å². The lowest BCUT2D eigenvalue weighted by molar-refractivity contribution is -0.138. The molecule has 0 amide bonds. The Hall–Kier alpha value is -3.47. The van der Waals surface area contributed by atoms with Crippen LogP contribution in [0.4, 0.5) is 0 Å². The molecule has 1 aromatic carbocycles. The van der Waals surface area contributed by atoms with Gasteiger partial charge in [-0.25, -0.2) is 4.98 Å². The van der Waals surface area contributed by atoms with Crippen LogP contribution in [0.2, 0.25) is 0 Å². The van der Waals surface area contributed by atoms with Gasteiger partial charge in [-0.3, -0.25) is 19.8 Å². The van der Waals surface area contributed by atoms with Gasteiger partial charge in [-0.2, -0.15) is 0 Å². The fourth-order valence-corrected chi connectivity index (χ4v) is 4.97.